The minimum absolute atomic E-state index is 0.0251. The van der Waals surface area contributed by atoms with Crippen molar-refractivity contribution in [2.45, 2.75) is 25.9 Å². The fourth-order valence-corrected chi connectivity index (χ4v) is 4.28. The standard InChI is InChI=1S/C22H24N4O2S/c27-21(19-7-10-26(11-8-19)22(28)20-2-1-13-29-20)24-14-17-3-5-18(6-4-17)15-25-12-9-23-16-25/h1-6,9,12-13,16,19H,7-8,10-11,14-15H2,(H,24,27). The molecule has 0 unspecified atom stereocenters. The predicted molar refractivity (Wildman–Crippen MR) is 113 cm³/mol. The highest BCUT2D eigenvalue weighted by Crippen LogP contribution is 2.21. The second-order valence-electron chi connectivity index (χ2n) is 7.31. The summed E-state index contributed by atoms with van der Waals surface area (Å²) in [5.41, 5.74) is 2.28. The van der Waals surface area contributed by atoms with Crippen molar-refractivity contribution in [1.29, 1.82) is 0 Å². The van der Waals surface area contributed by atoms with Gasteiger partial charge in [0, 0.05) is 44.5 Å². The second kappa shape index (κ2) is 9.05. The van der Waals surface area contributed by atoms with Crippen LogP contribution in [0, 0.1) is 5.92 Å². The molecule has 0 aliphatic carbocycles. The third-order valence-electron chi connectivity index (χ3n) is 5.30. The van der Waals surface area contributed by atoms with Gasteiger partial charge in [0.1, 0.15) is 0 Å². The molecule has 1 aliphatic rings. The maximum atomic E-state index is 12.5. The highest BCUT2D eigenvalue weighted by atomic mass is 32.1. The molecule has 1 aliphatic heterocycles. The van der Waals surface area contributed by atoms with Crippen LogP contribution in [0.5, 0.6) is 0 Å². The lowest BCUT2D eigenvalue weighted by Crippen LogP contribution is -2.42. The van der Waals surface area contributed by atoms with Crippen LogP contribution in [-0.4, -0.2) is 39.4 Å². The van der Waals surface area contributed by atoms with Gasteiger partial charge in [0.15, 0.2) is 0 Å². The van der Waals surface area contributed by atoms with E-state index in [9.17, 15) is 9.59 Å². The zero-order valence-electron chi connectivity index (χ0n) is 16.2. The van der Waals surface area contributed by atoms with Crippen molar-refractivity contribution in [3.63, 3.8) is 0 Å². The van der Waals surface area contributed by atoms with E-state index >= 15 is 0 Å². The number of benzene rings is 1. The Kier molecular flexibility index (Phi) is 6.05. The van der Waals surface area contributed by atoms with Crippen LogP contribution in [0.15, 0.2) is 60.5 Å². The second-order valence-corrected chi connectivity index (χ2v) is 8.26. The number of amides is 2. The fraction of sp³-hybridized carbons (Fsp3) is 0.318. The van der Waals surface area contributed by atoms with E-state index in [4.69, 9.17) is 0 Å². The smallest absolute Gasteiger partial charge is 0.263 e. The molecule has 150 valence electrons. The summed E-state index contributed by atoms with van der Waals surface area (Å²) in [7, 11) is 0. The Hall–Kier alpha value is -2.93. The summed E-state index contributed by atoms with van der Waals surface area (Å²) < 4.78 is 2.02. The van der Waals surface area contributed by atoms with Crippen molar-refractivity contribution in [3.8, 4) is 0 Å². The van der Waals surface area contributed by atoms with Gasteiger partial charge in [0.05, 0.1) is 11.2 Å². The Morgan fingerprint density at radius 2 is 1.86 bits per heavy atom. The van der Waals surface area contributed by atoms with Gasteiger partial charge in [-0.25, -0.2) is 4.98 Å². The van der Waals surface area contributed by atoms with Gasteiger partial charge in [-0.05, 0) is 35.4 Å². The number of likely N-dealkylation sites (tertiary alicyclic amines) is 1. The molecule has 4 rings (SSSR count). The van der Waals surface area contributed by atoms with Crippen molar-refractivity contribution in [3.05, 3.63) is 76.5 Å². The third kappa shape index (κ3) is 4.92. The Morgan fingerprint density at radius 3 is 2.52 bits per heavy atom. The van der Waals surface area contributed by atoms with Crippen LogP contribution < -0.4 is 5.32 Å². The van der Waals surface area contributed by atoms with E-state index in [1.165, 1.54) is 16.9 Å². The average Bonchev–Trinajstić information content (AvgIpc) is 3.47. The maximum absolute atomic E-state index is 12.5. The van der Waals surface area contributed by atoms with Crippen LogP contribution >= 0.6 is 11.3 Å². The first-order chi connectivity index (χ1) is 14.2. The number of hydrogen-bond acceptors (Lipinski definition) is 4. The number of hydrogen-bond donors (Lipinski definition) is 1. The summed E-state index contributed by atoms with van der Waals surface area (Å²) >= 11 is 1.46. The molecule has 6 nitrogen and oxygen atoms in total. The van der Waals surface area contributed by atoms with Gasteiger partial charge < -0.3 is 14.8 Å². The van der Waals surface area contributed by atoms with E-state index in [-0.39, 0.29) is 17.7 Å². The van der Waals surface area contributed by atoms with E-state index in [1.807, 2.05) is 33.2 Å². The first kappa shape index (κ1) is 19.4. The summed E-state index contributed by atoms with van der Waals surface area (Å²) in [6.45, 7) is 2.59. The van der Waals surface area contributed by atoms with Gasteiger partial charge in [-0.1, -0.05) is 30.3 Å². The monoisotopic (exact) mass is 408 g/mol. The lowest BCUT2D eigenvalue weighted by atomic mass is 9.95. The fourth-order valence-electron chi connectivity index (χ4n) is 3.59. The normalized spacial score (nSPS) is 14.7. The van der Waals surface area contributed by atoms with Gasteiger partial charge in [-0.2, -0.15) is 0 Å². The molecule has 1 N–H and O–H groups in total. The number of thiophene rings is 1. The van der Waals surface area contributed by atoms with Crippen LogP contribution in [0.4, 0.5) is 0 Å². The lowest BCUT2D eigenvalue weighted by molar-refractivity contribution is -0.126. The summed E-state index contributed by atoms with van der Waals surface area (Å²) in [5, 5.41) is 4.96. The average molecular weight is 409 g/mol. The van der Waals surface area contributed by atoms with Crippen LogP contribution in [0.3, 0.4) is 0 Å². The van der Waals surface area contributed by atoms with Crippen LogP contribution in [-0.2, 0) is 17.9 Å². The Bertz CT molecular complexity index is 928. The molecule has 2 amide bonds. The molecule has 1 saturated heterocycles. The number of nitrogens with zero attached hydrogens (tertiary/aromatic N) is 3. The molecular formula is C22H24N4O2S. The minimum Gasteiger partial charge on any atom is -0.352 e. The zero-order valence-corrected chi connectivity index (χ0v) is 17.0. The largest absolute Gasteiger partial charge is 0.352 e. The summed E-state index contributed by atoms with van der Waals surface area (Å²) in [5.74, 6) is 0.133. The van der Waals surface area contributed by atoms with Gasteiger partial charge in [0.2, 0.25) is 5.91 Å². The van der Waals surface area contributed by atoms with Crippen molar-refractivity contribution in [2.75, 3.05) is 13.1 Å². The van der Waals surface area contributed by atoms with Gasteiger partial charge in [0.25, 0.3) is 5.91 Å². The van der Waals surface area contributed by atoms with Crippen molar-refractivity contribution in [1.82, 2.24) is 19.8 Å². The van der Waals surface area contributed by atoms with E-state index < -0.39 is 0 Å². The van der Waals surface area contributed by atoms with Crippen molar-refractivity contribution in [2.24, 2.45) is 5.92 Å². The number of nitrogens with one attached hydrogen (secondary N) is 1. The van der Waals surface area contributed by atoms with Crippen LogP contribution in [0.1, 0.15) is 33.6 Å². The number of rotatable bonds is 6. The molecule has 3 aromatic rings. The molecular weight excluding hydrogens is 384 g/mol. The predicted octanol–water partition coefficient (Wildman–Crippen LogP) is 3.16. The number of carbonyl (C=O) groups is 2. The molecule has 0 spiro atoms. The summed E-state index contributed by atoms with van der Waals surface area (Å²) in [4.78, 5) is 31.6. The van der Waals surface area contributed by atoms with E-state index in [1.54, 1.807) is 12.5 Å². The molecule has 7 heteroatoms. The van der Waals surface area contributed by atoms with Crippen molar-refractivity contribution < 1.29 is 9.59 Å². The molecule has 29 heavy (non-hydrogen) atoms. The summed E-state index contributed by atoms with van der Waals surface area (Å²) in [6.07, 6.45) is 6.94. The molecule has 3 heterocycles. The number of aromatic nitrogens is 2. The van der Waals surface area contributed by atoms with Crippen molar-refractivity contribution >= 4 is 23.2 Å². The van der Waals surface area contributed by atoms with E-state index in [0.717, 1.165) is 17.0 Å². The number of carbonyl (C=O) groups excluding carboxylic acids is 2. The maximum Gasteiger partial charge on any atom is 0.263 e. The highest BCUT2D eigenvalue weighted by Gasteiger charge is 2.27. The molecule has 0 radical (unpaired) electrons. The van der Waals surface area contributed by atoms with E-state index in [0.29, 0.717) is 32.5 Å². The topological polar surface area (TPSA) is 67.2 Å². The van der Waals surface area contributed by atoms with Gasteiger partial charge in [-0.15, -0.1) is 11.3 Å². The Morgan fingerprint density at radius 1 is 1.10 bits per heavy atom. The molecule has 1 aromatic carbocycles. The van der Waals surface area contributed by atoms with E-state index in [2.05, 4.69) is 34.6 Å². The first-order valence-electron chi connectivity index (χ1n) is 9.83. The molecule has 0 bridgehead atoms. The van der Waals surface area contributed by atoms with Crippen LogP contribution in [0.2, 0.25) is 0 Å². The van der Waals surface area contributed by atoms with Crippen LogP contribution in [0.25, 0.3) is 0 Å². The van der Waals surface area contributed by atoms with Gasteiger partial charge in [-0.3, -0.25) is 9.59 Å². The number of imidazole rings is 1. The SMILES string of the molecule is O=C(NCc1ccc(Cn2ccnc2)cc1)C1CCN(C(=O)c2cccs2)CC1. The zero-order chi connectivity index (χ0) is 20.1. The molecule has 1 fully saturated rings. The molecule has 2 aromatic heterocycles. The first-order valence-corrected chi connectivity index (χ1v) is 10.7. The lowest BCUT2D eigenvalue weighted by Gasteiger charge is -2.31. The third-order valence-corrected chi connectivity index (χ3v) is 6.16. The molecule has 0 saturated carbocycles. The van der Waals surface area contributed by atoms with Gasteiger partial charge >= 0.3 is 0 Å². The summed E-state index contributed by atoms with van der Waals surface area (Å²) in [6, 6.07) is 12.0. The minimum atomic E-state index is -0.0251. The quantitative estimate of drug-likeness (QED) is 0.681. The molecule has 0 atom stereocenters. The number of piperidine rings is 1. The highest BCUT2D eigenvalue weighted by molar-refractivity contribution is 7.12. The Labute approximate surface area is 174 Å². The Balaban J connectivity index is 1.22.